The van der Waals surface area contributed by atoms with Crippen molar-refractivity contribution in [1.29, 1.82) is 0 Å². The molecular weight excluding hydrogens is 304 g/mol. The number of para-hydroxylation sites is 1. The van der Waals surface area contributed by atoms with Crippen LogP contribution in [0.4, 0.5) is 0 Å². The zero-order chi connectivity index (χ0) is 16.8. The van der Waals surface area contributed by atoms with Crippen LogP contribution in [0.15, 0.2) is 24.3 Å². The Hall–Kier alpha value is -1.59. The van der Waals surface area contributed by atoms with Crippen molar-refractivity contribution < 1.29 is 14.3 Å². The molecule has 3 rings (SSSR count). The van der Waals surface area contributed by atoms with Crippen LogP contribution in [0.3, 0.4) is 0 Å². The van der Waals surface area contributed by atoms with Gasteiger partial charge in [-0.2, -0.15) is 0 Å². The van der Waals surface area contributed by atoms with Gasteiger partial charge in [0.1, 0.15) is 5.75 Å². The zero-order valence-corrected chi connectivity index (χ0v) is 14.5. The molecule has 24 heavy (non-hydrogen) atoms. The highest BCUT2D eigenvalue weighted by Gasteiger charge is 2.39. The second-order valence-electron chi connectivity index (χ2n) is 6.92. The molecule has 1 saturated carbocycles. The van der Waals surface area contributed by atoms with E-state index >= 15 is 0 Å². The summed E-state index contributed by atoms with van der Waals surface area (Å²) in [6.45, 7) is 2.69. The van der Waals surface area contributed by atoms with E-state index in [-0.39, 0.29) is 5.91 Å². The number of hydrogen-bond donors (Lipinski definition) is 2. The number of hydrogen-bond acceptors (Lipinski definition) is 4. The quantitative estimate of drug-likeness (QED) is 0.804. The van der Waals surface area contributed by atoms with E-state index in [4.69, 9.17) is 9.47 Å². The van der Waals surface area contributed by atoms with Crippen molar-refractivity contribution in [2.24, 2.45) is 5.41 Å². The molecule has 2 aliphatic rings. The molecule has 132 valence electrons. The lowest BCUT2D eigenvalue weighted by Crippen LogP contribution is -2.50. The minimum atomic E-state index is -0.413. The Morgan fingerprint density at radius 2 is 2.04 bits per heavy atom. The molecule has 1 aliphatic carbocycles. The molecule has 0 spiro atoms. The number of benzene rings is 1. The zero-order valence-electron chi connectivity index (χ0n) is 14.5. The Labute approximate surface area is 144 Å². The third-order valence-electron chi connectivity index (χ3n) is 5.22. The van der Waals surface area contributed by atoms with Crippen molar-refractivity contribution in [2.45, 2.75) is 44.8 Å². The Bertz CT molecular complexity index is 546. The third kappa shape index (κ3) is 3.90. The number of piperidine rings is 1. The molecule has 0 radical (unpaired) electrons. The number of rotatable bonds is 7. The first kappa shape index (κ1) is 17.2. The molecule has 2 N–H and O–H groups in total. The molecule has 1 heterocycles. The lowest BCUT2D eigenvalue weighted by Gasteiger charge is -2.35. The summed E-state index contributed by atoms with van der Waals surface area (Å²) < 4.78 is 11.4. The minimum absolute atomic E-state index is 0.0873. The van der Waals surface area contributed by atoms with Crippen molar-refractivity contribution in [3.05, 3.63) is 29.8 Å². The van der Waals surface area contributed by atoms with E-state index in [0.29, 0.717) is 19.3 Å². The van der Waals surface area contributed by atoms with Crippen LogP contribution in [-0.2, 0) is 16.1 Å². The van der Waals surface area contributed by atoms with E-state index in [9.17, 15) is 4.79 Å². The number of ether oxygens (including phenoxy) is 2. The van der Waals surface area contributed by atoms with E-state index in [1.54, 1.807) is 7.11 Å². The van der Waals surface area contributed by atoms with Gasteiger partial charge in [-0.25, -0.2) is 0 Å². The topological polar surface area (TPSA) is 59.6 Å². The van der Waals surface area contributed by atoms with Gasteiger partial charge in [-0.15, -0.1) is 0 Å². The molecule has 1 amide bonds. The molecule has 0 unspecified atom stereocenters. The van der Waals surface area contributed by atoms with E-state index in [0.717, 1.165) is 50.1 Å². The fourth-order valence-corrected chi connectivity index (χ4v) is 3.41. The molecule has 1 saturated heterocycles. The van der Waals surface area contributed by atoms with E-state index in [1.165, 1.54) is 6.42 Å². The first-order valence-electron chi connectivity index (χ1n) is 8.96. The van der Waals surface area contributed by atoms with Crippen molar-refractivity contribution in [3.8, 4) is 5.75 Å². The number of methoxy groups -OCH3 is 1. The summed E-state index contributed by atoms with van der Waals surface area (Å²) in [7, 11) is 1.67. The Morgan fingerprint density at radius 3 is 2.71 bits per heavy atom. The summed E-state index contributed by atoms with van der Waals surface area (Å²) in [4.78, 5) is 12.8. The van der Waals surface area contributed by atoms with Crippen molar-refractivity contribution in [3.63, 3.8) is 0 Å². The van der Waals surface area contributed by atoms with Gasteiger partial charge in [0.15, 0.2) is 0 Å². The number of nitrogens with one attached hydrogen (secondary N) is 2. The summed E-state index contributed by atoms with van der Waals surface area (Å²) >= 11 is 0. The van der Waals surface area contributed by atoms with E-state index < -0.39 is 5.41 Å². The van der Waals surface area contributed by atoms with Gasteiger partial charge in [0.25, 0.3) is 0 Å². The first-order chi connectivity index (χ1) is 11.7. The SMILES string of the molecule is COCC1(C(=O)NCc2ccccc2OC2CCC2)CCNCC1. The molecule has 1 aromatic carbocycles. The van der Waals surface area contributed by atoms with Gasteiger partial charge in [0.2, 0.25) is 5.91 Å². The van der Waals surface area contributed by atoms with Gasteiger partial charge in [-0.05, 0) is 51.3 Å². The van der Waals surface area contributed by atoms with Crippen LogP contribution in [0.5, 0.6) is 5.75 Å². The number of amides is 1. The molecule has 0 aromatic heterocycles. The molecule has 1 aromatic rings. The predicted molar refractivity (Wildman–Crippen MR) is 93.0 cm³/mol. The summed E-state index contributed by atoms with van der Waals surface area (Å²) in [5.41, 5.74) is 0.628. The van der Waals surface area contributed by atoms with E-state index in [2.05, 4.69) is 10.6 Å². The average molecular weight is 332 g/mol. The maximum atomic E-state index is 12.8. The third-order valence-corrected chi connectivity index (χ3v) is 5.22. The highest BCUT2D eigenvalue weighted by atomic mass is 16.5. The van der Waals surface area contributed by atoms with Crippen LogP contribution < -0.4 is 15.4 Å². The van der Waals surface area contributed by atoms with Crippen LogP contribution >= 0.6 is 0 Å². The molecule has 1 aliphatic heterocycles. The molecule has 2 fully saturated rings. The number of carbonyl (C=O) groups is 1. The smallest absolute Gasteiger partial charge is 0.228 e. The highest BCUT2D eigenvalue weighted by Crippen LogP contribution is 2.30. The summed E-state index contributed by atoms with van der Waals surface area (Å²) in [6.07, 6.45) is 5.47. The van der Waals surface area contributed by atoms with Gasteiger partial charge >= 0.3 is 0 Å². The standard InChI is InChI=1S/C19H28N2O3/c1-23-14-19(9-11-20-12-10-19)18(22)21-13-15-5-2-3-8-17(15)24-16-6-4-7-16/h2-3,5,8,16,20H,4,6-7,9-14H2,1H3,(H,21,22). The molecule has 0 atom stereocenters. The van der Waals surface area contributed by atoms with Crippen LogP contribution in [0.2, 0.25) is 0 Å². The monoisotopic (exact) mass is 332 g/mol. The lowest BCUT2D eigenvalue weighted by molar-refractivity contribution is -0.136. The Morgan fingerprint density at radius 1 is 1.29 bits per heavy atom. The second kappa shape index (κ2) is 7.99. The second-order valence-corrected chi connectivity index (χ2v) is 6.92. The summed E-state index contributed by atoms with van der Waals surface area (Å²) in [6, 6.07) is 8.00. The molecule has 5 nitrogen and oxygen atoms in total. The van der Waals surface area contributed by atoms with Crippen molar-refractivity contribution in [1.82, 2.24) is 10.6 Å². The van der Waals surface area contributed by atoms with Crippen LogP contribution in [0, 0.1) is 5.41 Å². The predicted octanol–water partition coefficient (Wildman–Crippen LogP) is 2.25. The normalized spacial score (nSPS) is 20.2. The first-order valence-corrected chi connectivity index (χ1v) is 8.96. The number of carbonyl (C=O) groups excluding carboxylic acids is 1. The molecule has 5 heteroatoms. The molecule has 0 bridgehead atoms. The Balaban J connectivity index is 1.62. The fourth-order valence-electron chi connectivity index (χ4n) is 3.41. The maximum absolute atomic E-state index is 12.8. The minimum Gasteiger partial charge on any atom is -0.490 e. The van der Waals surface area contributed by atoms with Gasteiger partial charge in [-0.1, -0.05) is 18.2 Å². The van der Waals surface area contributed by atoms with E-state index in [1.807, 2.05) is 24.3 Å². The van der Waals surface area contributed by atoms with Crippen LogP contribution in [0.1, 0.15) is 37.7 Å². The average Bonchev–Trinajstić information content (AvgIpc) is 2.58. The van der Waals surface area contributed by atoms with Crippen molar-refractivity contribution in [2.75, 3.05) is 26.8 Å². The van der Waals surface area contributed by atoms with Crippen LogP contribution in [-0.4, -0.2) is 38.8 Å². The highest BCUT2D eigenvalue weighted by molar-refractivity contribution is 5.83. The fraction of sp³-hybridized carbons (Fsp3) is 0.632. The Kier molecular flexibility index (Phi) is 5.74. The maximum Gasteiger partial charge on any atom is 0.228 e. The largest absolute Gasteiger partial charge is 0.490 e. The van der Waals surface area contributed by atoms with Gasteiger partial charge in [0, 0.05) is 19.2 Å². The lowest BCUT2D eigenvalue weighted by atomic mass is 9.78. The van der Waals surface area contributed by atoms with Gasteiger partial charge in [0.05, 0.1) is 18.1 Å². The van der Waals surface area contributed by atoms with Crippen LogP contribution in [0.25, 0.3) is 0 Å². The molecular formula is C19H28N2O3. The summed E-state index contributed by atoms with van der Waals surface area (Å²) in [5, 5.41) is 6.43. The van der Waals surface area contributed by atoms with Crippen molar-refractivity contribution >= 4 is 5.91 Å². The summed E-state index contributed by atoms with van der Waals surface area (Å²) in [5.74, 6) is 0.984. The van der Waals surface area contributed by atoms with Gasteiger partial charge < -0.3 is 20.1 Å². The van der Waals surface area contributed by atoms with Gasteiger partial charge in [-0.3, -0.25) is 4.79 Å².